The number of rotatable bonds is 3. The lowest BCUT2D eigenvalue weighted by atomic mass is 10.2. The van der Waals surface area contributed by atoms with E-state index in [9.17, 15) is 23.7 Å². The largest absolute Gasteiger partial charge is 0.322 e. The Hall–Kier alpha value is -2.83. The van der Waals surface area contributed by atoms with E-state index in [2.05, 4.69) is 5.32 Å². The molecule has 0 radical (unpaired) electrons. The summed E-state index contributed by atoms with van der Waals surface area (Å²) in [7, 11) is 0. The number of carbonyl (C=O) groups is 1. The number of halogens is 2. The number of benzene rings is 2. The molecule has 0 aliphatic rings. The van der Waals surface area contributed by atoms with E-state index in [0.29, 0.717) is 6.07 Å². The van der Waals surface area contributed by atoms with Crippen LogP contribution in [0.15, 0.2) is 42.5 Å². The maximum atomic E-state index is 13.0. The summed E-state index contributed by atoms with van der Waals surface area (Å²) in [5.41, 5.74) is -0.254. The second kappa shape index (κ2) is 5.43. The van der Waals surface area contributed by atoms with Gasteiger partial charge in [-0.05, 0) is 18.2 Å². The van der Waals surface area contributed by atoms with Gasteiger partial charge in [0.15, 0.2) is 0 Å². The van der Waals surface area contributed by atoms with Gasteiger partial charge in [0.2, 0.25) is 0 Å². The smallest absolute Gasteiger partial charge is 0.271 e. The third kappa shape index (κ3) is 3.14. The Morgan fingerprint density at radius 1 is 1.10 bits per heavy atom. The number of hydrogen-bond donors (Lipinski definition) is 1. The molecule has 102 valence electrons. The zero-order chi connectivity index (χ0) is 14.7. The molecule has 0 aliphatic heterocycles. The molecule has 20 heavy (non-hydrogen) atoms. The van der Waals surface area contributed by atoms with Crippen LogP contribution in [0.4, 0.5) is 20.2 Å². The van der Waals surface area contributed by atoms with E-state index in [4.69, 9.17) is 0 Å². The fourth-order valence-electron chi connectivity index (χ4n) is 1.59. The Balaban J connectivity index is 2.23. The molecule has 1 amide bonds. The van der Waals surface area contributed by atoms with Crippen molar-refractivity contribution in [2.24, 2.45) is 0 Å². The van der Waals surface area contributed by atoms with Crippen LogP contribution in [0.5, 0.6) is 0 Å². The Morgan fingerprint density at radius 2 is 1.75 bits per heavy atom. The number of nitrogens with zero attached hydrogens (tertiary/aromatic N) is 1. The van der Waals surface area contributed by atoms with Gasteiger partial charge >= 0.3 is 0 Å². The van der Waals surface area contributed by atoms with Gasteiger partial charge in [-0.2, -0.15) is 0 Å². The molecule has 5 nitrogen and oxygen atoms in total. The summed E-state index contributed by atoms with van der Waals surface area (Å²) in [5.74, 6) is -2.52. The van der Waals surface area contributed by atoms with Crippen LogP contribution in [0.3, 0.4) is 0 Å². The first-order chi connectivity index (χ1) is 9.45. The molecule has 2 rings (SSSR count). The molecule has 2 aromatic carbocycles. The molecular formula is C13H8F2N2O3. The van der Waals surface area contributed by atoms with Crippen LogP contribution >= 0.6 is 0 Å². The lowest BCUT2D eigenvalue weighted by Crippen LogP contribution is -2.12. The number of nitrogens with one attached hydrogen (secondary N) is 1. The van der Waals surface area contributed by atoms with Gasteiger partial charge in [0.25, 0.3) is 11.6 Å². The minimum Gasteiger partial charge on any atom is -0.322 e. The molecule has 2 aromatic rings. The van der Waals surface area contributed by atoms with Crippen molar-refractivity contribution < 1.29 is 18.5 Å². The van der Waals surface area contributed by atoms with Gasteiger partial charge in [0.1, 0.15) is 11.6 Å². The van der Waals surface area contributed by atoms with Crippen LogP contribution in [0.2, 0.25) is 0 Å². The van der Waals surface area contributed by atoms with E-state index >= 15 is 0 Å². The van der Waals surface area contributed by atoms with Gasteiger partial charge in [-0.3, -0.25) is 14.9 Å². The third-order valence-electron chi connectivity index (χ3n) is 2.44. The molecule has 0 bridgehead atoms. The summed E-state index contributed by atoms with van der Waals surface area (Å²) in [6.07, 6.45) is 0. The van der Waals surface area contributed by atoms with Crippen molar-refractivity contribution in [3.8, 4) is 0 Å². The van der Waals surface area contributed by atoms with Crippen LogP contribution < -0.4 is 5.32 Å². The highest BCUT2D eigenvalue weighted by atomic mass is 19.1. The van der Waals surface area contributed by atoms with Gasteiger partial charge in [-0.1, -0.05) is 6.07 Å². The molecule has 0 aliphatic carbocycles. The van der Waals surface area contributed by atoms with Gasteiger partial charge in [0, 0.05) is 29.4 Å². The minimum atomic E-state index is -0.880. The van der Waals surface area contributed by atoms with E-state index < -0.39 is 22.5 Å². The quantitative estimate of drug-likeness (QED) is 0.692. The molecule has 0 heterocycles. The molecular weight excluding hydrogens is 270 g/mol. The molecule has 0 saturated heterocycles. The summed E-state index contributed by atoms with van der Waals surface area (Å²) in [4.78, 5) is 21.8. The molecule has 0 fully saturated rings. The van der Waals surface area contributed by atoms with E-state index in [0.717, 1.165) is 18.2 Å². The van der Waals surface area contributed by atoms with Crippen molar-refractivity contribution >= 4 is 17.3 Å². The fourth-order valence-corrected chi connectivity index (χ4v) is 1.59. The zero-order valence-electron chi connectivity index (χ0n) is 9.97. The normalized spacial score (nSPS) is 10.1. The molecule has 0 aromatic heterocycles. The predicted octanol–water partition coefficient (Wildman–Crippen LogP) is 3.13. The lowest BCUT2D eigenvalue weighted by Gasteiger charge is -2.05. The average molecular weight is 278 g/mol. The SMILES string of the molecule is O=C(Nc1cccc([N+](=O)[O-])c1)c1cc(F)cc(F)c1. The van der Waals surface area contributed by atoms with E-state index in [-0.39, 0.29) is 16.9 Å². The van der Waals surface area contributed by atoms with E-state index in [1.54, 1.807) is 0 Å². The van der Waals surface area contributed by atoms with Crippen molar-refractivity contribution in [3.63, 3.8) is 0 Å². The predicted molar refractivity (Wildman–Crippen MR) is 67.4 cm³/mol. The van der Waals surface area contributed by atoms with Crippen LogP contribution in [-0.4, -0.2) is 10.8 Å². The zero-order valence-corrected chi connectivity index (χ0v) is 9.97. The summed E-state index contributed by atoms with van der Waals surface area (Å²) in [6, 6.07) is 7.61. The number of carbonyl (C=O) groups excluding carboxylic acids is 1. The molecule has 0 unspecified atom stereocenters. The van der Waals surface area contributed by atoms with Crippen molar-refractivity contribution in [2.45, 2.75) is 0 Å². The number of anilines is 1. The monoisotopic (exact) mass is 278 g/mol. The maximum Gasteiger partial charge on any atom is 0.271 e. The third-order valence-corrected chi connectivity index (χ3v) is 2.44. The van der Waals surface area contributed by atoms with Crippen LogP contribution in [-0.2, 0) is 0 Å². The van der Waals surface area contributed by atoms with Crippen molar-refractivity contribution in [1.82, 2.24) is 0 Å². The molecule has 0 saturated carbocycles. The highest BCUT2D eigenvalue weighted by Crippen LogP contribution is 2.18. The molecule has 0 atom stereocenters. The summed E-state index contributed by atoms with van der Waals surface area (Å²) < 4.78 is 26.0. The average Bonchev–Trinajstić information content (AvgIpc) is 2.37. The summed E-state index contributed by atoms with van der Waals surface area (Å²) in [6.45, 7) is 0. The van der Waals surface area contributed by atoms with Crippen LogP contribution in [0.25, 0.3) is 0 Å². The Labute approximate surface area is 112 Å². The topological polar surface area (TPSA) is 72.2 Å². The van der Waals surface area contributed by atoms with Gasteiger partial charge in [0.05, 0.1) is 4.92 Å². The molecule has 0 spiro atoms. The second-order valence-corrected chi connectivity index (χ2v) is 3.92. The first-order valence-corrected chi connectivity index (χ1v) is 5.47. The van der Waals surface area contributed by atoms with E-state index in [1.807, 2.05) is 0 Å². The first-order valence-electron chi connectivity index (χ1n) is 5.47. The van der Waals surface area contributed by atoms with E-state index in [1.165, 1.54) is 18.2 Å². The van der Waals surface area contributed by atoms with Crippen molar-refractivity contribution in [3.05, 3.63) is 69.8 Å². The number of amides is 1. The number of nitro groups is 1. The Kier molecular flexibility index (Phi) is 3.69. The summed E-state index contributed by atoms with van der Waals surface area (Å²) >= 11 is 0. The van der Waals surface area contributed by atoms with Crippen molar-refractivity contribution in [1.29, 1.82) is 0 Å². The number of nitro benzene ring substituents is 1. The maximum absolute atomic E-state index is 13.0. The van der Waals surface area contributed by atoms with Crippen LogP contribution in [0.1, 0.15) is 10.4 Å². The molecule has 7 heteroatoms. The van der Waals surface area contributed by atoms with Gasteiger partial charge in [-0.15, -0.1) is 0 Å². The fraction of sp³-hybridized carbons (Fsp3) is 0. The standard InChI is InChI=1S/C13H8F2N2O3/c14-9-4-8(5-10(15)6-9)13(18)16-11-2-1-3-12(7-11)17(19)20/h1-7H,(H,16,18). The Morgan fingerprint density at radius 3 is 2.35 bits per heavy atom. The summed E-state index contributed by atoms with van der Waals surface area (Å²) in [5, 5.41) is 12.9. The number of hydrogen-bond acceptors (Lipinski definition) is 3. The highest BCUT2D eigenvalue weighted by molar-refractivity contribution is 6.04. The van der Waals surface area contributed by atoms with Crippen LogP contribution in [0, 0.1) is 21.7 Å². The highest BCUT2D eigenvalue weighted by Gasteiger charge is 2.11. The second-order valence-electron chi connectivity index (χ2n) is 3.92. The number of non-ortho nitro benzene ring substituents is 1. The van der Waals surface area contributed by atoms with Gasteiger partial charge in [-0.25, -0.2) is 8.78 Å². The lowest BCUT2D eigenvalue weighted by molar-refractivity contribution is -0.384. The first kappa shape index (κ1) is 13.6. The Bertz CT molecular complexity index is 669. The molecule has 1 N–H and O–H groups in total. The van der Waals surface area contributed by atoms with Gasteiger partial charge < -0.3 is 5.32 Å². The van der Waals surface area contributed by atoms with Crippen molar-refractivity contribution in [2.75, 3.05) is 5.32 Å². The minimum absolute atomic E-state index is 0.161.